The molecule has 0 atom stereocenters. The molecular weight excluding hydrogens is 421 g/mol. The van der Waals surface area contributed by atoms with Gasteiger partial charge >= 0.3 is 0 Å². The molecule has 0 spiro atoms. The molecule has 0 radical (unpaired) electrons. The maximum absolute atomic E-state index is 5.64. The van der Waals surface area contributed by atoms with Crippen LogP contribution in [0.3, 0.4) is 0 Å². The molecule has 0 aliphatic carbocycles. The molecule has 1 aromatic heterocycles. The van der Waals surface area contributed by atoms with Crippen LogP contribution in [0.25, 0.3) is 0 Å². The molecule has 1 heterocycles. The summed E-state index contributed by atoms with van der Waals surface area (Å²) in [5.41, 5.74) is 2.44. The summed E-state index contributed by atoms with van der Waals surface area (Å²) in [4.78, 5) is 5.60. The second-order valence-corrected chi connectivity index (χ2v) is 5.85. The number of para-hydroxylation sites is 1. The van der Waals surface area contributed by atoms with E-state index in [1.54, 1.807) is 18.4 Å². The third-order valence-corrected chi connectivity index (χ3v) is 4.35. The first-order valence-electron chi connectivity index (χ1n) is 7.42. The quantitative estimate of drug-likeness (QED) is 0.402. The fraction of sp³-hybridized carbons (Fsp3) is 0.353. The highest BCUT2D eigenvalue weighted by atomic mass is 127. The van der Waals surface area contributed by atoms with Crippen LogP contribution in [0.4, 0.5) is 0 Å². The lowest BCUT2D eigenvalue weighted by Crippen LogP contribution is -2.36. The minimum Gasteiger partial charge on any atom is -0.494 e. The Bertz CT molecular complexity index is 628. The van der Waals surface area contributed by atoms with Crippen molar-refractivity contribution in [2.45, 2.75) is 26.9 Å². The summed E-state index contributed by atoms with van der Waals surface area (Å²) in [6.07, 6.45) is 0. The molecule has 2 N–H and O–H groups in total. The predicted molar refractivity (Wildman–Crippen MR) is 109 cm³/mol. The Hall–Kier alpha value is -1.28. The third kappa shape index (κ3) is 6.02. The smallest absolute Gasteiger partial charge is 0.191 e. The van der Waals surface area contributed by atoms with E-state index in [1.165, 1.54) is 10.4 Å². The lowest BCUT2D eigenvalue weighted by Gasteiger charge is -2.14. The Kier molecular flexibility index (Phi) is 9.01. The summed E-state index contributed by atoms with van der Waals surface area (Å²) in [6, 6.07) is 10.2. The number of nitrogens with zero attached hydrogens (tertiary/aromatic N) is 1. The Morgan fingerprint density at radius 1 is 1.17 bits per heavy atom. The highest BCUT2D eigenvalue weighted by Crippen LogP contribution is 2.17. The molecule has 0 amide bonds. The summed E-state index contributed by atoms with van der Waals surface area (Å²) in [6.45, 7) is 6.26. The molecule has 126 valence electrons. The predicted octanol–water partition coefficient (Wildman–Crippen LogP) is 3.94. The van der Waals surface area contributed by atoms with Gasteiger partial charge in [-0.2, -0.15) is 0 Å². The van der Waals surface area contributed by atoms with E-state index in [4.69, 9.17) is 4.74 Å². The third-order valence-electron chi connectivity index (χ3n) is 3.33. The first-order valence-corrected chi connectivity index (χ1v) is 8.30. The number of halogens is 1. The van der Waals surface area contributed by atoms with Crippen LogP contribution < -0.4 is 15.4 Å². The van der Waals surface area contributed by atoms with Crippen LogP contribution in [0.2, 0.25) is 0 Å². The monoisotopic (exact) mass is 445 g/mol. The van der Waals surface area contributed by atoms with Gasteiger partial charge in [-0.1, -0.05) is 18.2 Å². The van der Waals surface area contributed by atoms with Crippen LogP contribution in [0.15, 0.2) is 40.7 Å². The number of ether oxygens (including phenoxy) is 1. The van der Waals surface area contributed by atoms with E-state index < -0.39 is 0 Å². The van der Waals surface area contributed by atoms with Gasteiger partial charge in [-0.05, 0) is 36.9 Å². The average molecular weight is 445 g/mol. The number of nitrogens with one attached hydrogen (secondary N) is 2. The molecule has 0 aliphatic heterocycles. The summed E-state index contributed by atoms with van der Waals surface area (Å²) in [5, 5.41) is 8.78. The van der Waals surface area contributed by atoms with Crippen LogP contribution in [0.5, 0.6) is 5.75 Å². The average Bonchev–Trinajstić information content (AvgIpc) is 2.94. The first kappa shape index (κ1) is 19.8. The molecule has 23 heavy (non-hydrogen) atoms. The van der Waals surface area contributed by atoms with Crippen molar-refractivity contribution < 1.29 is 4.74 Å². The van der Waals surface area contributed by atoms with Gasteiger partial charge in [0, 0.05) is 24.0 Å². The molecule has 0 bridgehead atoms. The van der Waals surface area contributed by atoms with Crippen LogP contribution in [0, 0.1) is 6.92 Å². The van der Waals surface area contributed by atoms with Gasteiger partial charge in [-0.3, -0.25) is 4.99 Å². The molecule has 2 rings (SSSR count). The maximum atomic E-state index is 5.64. The van der Waals surface area contributed by atoms with Crippen LogP contribution in [-0.4, -0.2) is 19.6 Å². The largest absolute Gasteiger partial charge is 0.494 e. The Balaban J connectivity index is 0.00000264. The van der Waals surface area contributed by atoms with Crippen LogP contribution in [0.1, 0.15) is 22.9 Å². The van der Waals surface area contributed by atoms with Gasteiger partial charge in [-0.15, -0.1) is 35.3 Å². The summed E-state index contributed by atoms with van der Waals surface area (Å²) in [5.74, 6) is 1.71. The Labute approximate surface area is 159 Å². The maximum Gasteiger partial charge on any atom is 0.191 e. The second kappa shape index (κ2) is 10.5. The SMILES string of the molecule is CCOc1ccccc1CNC(=NC)NCc1sccc1C.I. The lowest BCUT2D eigenvalue weighted by molar-refractivity contribution is 0.336. The van der Waals surface area contributed by atoms with E-state index in [-0.39, 0.29) is 24.0 Å². The van der Waals surface area contributed by atoms with E-state index in [1.807, 2.05) is 25.1 Å². The number of thiophene rings is 1. The number of hydrogen-bond donors (Lipinski definition) is 2. The lowest BCUT2D eigenvalue weighted by atomic mass is 10.2. The Morgan fingerprint density at radius 3 is 2.57 bits per heavy atom. The van der Waals surface area contributed by atoms with Crippen molar-refractivity contribution in [2.75, 3.05) is 13.7 Å². The topological polar surface area (TPSA) is 45.6 Å². The van der Waals surface area contributed by atoms with E-state index >= 15 is 0 Å². The minimum absolute atomic E-state index is 0. The van der Waals surface area contributed by atoms with Gasteiger partial charge in [0.2, 0.25) is 0 Å². The number of aliphatic imine (C=N–C) groups is 1. The minimum atomic E-state index is 0. The number of aryl methyl sites for hydroxylation is 1. The first-order chi connectivity index (χ1) is 10.7. The fourth-order valence-corrected chi connectivity index (χ4v) is 2.94. The van der Waals surface area contributed by atoms with Crippen molar-refractivity contribution in [2.24, 2.45) is 4.99 Å². The number of guanidine groups is 1. The standard InChI is InChI=1S/C17H23N3OS.HI/c1-4-21-15-8-6-5-7-14(15)11-19-17(18-3)20-12-16-13(2)9-10-22-16;/h5-10H,4,11-12H2,1-3H3,(H2,18,19,20);1H. The van der Waals surface area contributed by atoms with Gasteiger partial charge in [-0.25, -0.2) is 0 Å². The van der Waals surface area contributed by atoms with Gasteiger partial charge in [0.25, 0.3) is 0 Å². The van der Waals surface area contributed by atoms with E-state index in [0.717, 1.165) is 23.8 Å². The van der Waals surface area contributed by atoms with Crippen molar-refractivity contribution in [3.63, 3.8) is 0 Å². The van der Waals surface area contributed by atoms with E-state index in [0.29, 0.717) is 13.2 Å². The molecule has 4 nitrogen and oxygen atoms in total. The molecule has 0 fully saturated rings. The molecule has 0 saturated heterocycles. The van der Waals surface area contributed by atoms with Crippen molar-refractivity contribution in [3.05, 3.63) is 51.7 Å². The van der Waals surface area contributed by atoms with E-state index in [2.05, 4.69) is 40.1 Å². The molecule has 2 aromatic rings. The molecule has 1 aromatic carbocycles. The van der Waals surface area contributed by atoms with E-state index in [9.17, 15) is 0 Å². The fourth-order valence-electron chi connectivity index (χ4n) is 2.09. The highest BCUT2D eigenvalue weighted by molar-refractivity contribution is 14.0. The molecule has 0 aliphatic rings. The van der Waals surface area contributed by atoms with Gasteiger partial charge < -0.3 is 15.4 Å². The zero-order valence-electron chi connectivity index (χ0n) is 13.8. The molecule has 0 saturated carbocycles. The number of benzene rings is 1. The summed E-state index contributed by atoms with van der Waals surface area (Å²) in [7, 11) is 1.78. The van der Waals surface area contributed by atoms with Crippen molar-refractivity contribution in [1.29, 1.82) is 0 Å². The zero-order chi connectivity index (χ0) is 15.8. The molecular formula is C17H24IN3OS. The Morgan fingerprint density at radius 2 is 1.91 bits per heavy atom. The van der Waals surface area contributed by atoms with Gasteiger partial charge in [0.15, 0.2) is 5.96 Å². The summed E-state index contributed by atoms with van der Waals surface area (Å²) >= 11 is 1.76. The van der Waals surface area contributed by atoms with Crippen LogP contribution in [-0.2, 0) is 13.1 Å². The number of rotatable bonds is 6. The van der Waals surface area contributed by atoms with Gasteiger partial charge in [0.1, 0.15) is 5.75 Å². The van der Waals surface area contributed by atoms with Crippen molar-refractivity contribution in [3.8, 4) is 5.75 Å². The van der Waals surface area contributed by atoms with Crippen molar-refractivity contribution >= 4 is 41.3 Å². The van der Waals surface area contributed by atoms with Crippen LogP contribution >= 0.6 is 35.3 Å². The second-order valence-electron chi connectivity index (χ2n) is 4.85. The molecule has 0 unspecified atom stereocenters. The highest BCUT2D eigenvalue weighted by Gasteiger charge is 2.05. The normalized spacial score (nSPS) is 10.8. The zero-order valence-corrected chi connectivity index (χ0v) is 16.9. The number of hydrogen-bond acceptors (Lipinski definition) is 3. The molecule has 6 heteroatoms. The van der Waals surface area contributed by atoms with Gasteiger partial charge in [0.05, 0.1) is 13.2 Å². The van der Waals surface area contributed by atoms with Crippen molar-refractivity contribution in [1.82, 2.24) is 10.6 Å². The summed E-state index contributed by atoms with van der Waals surface area (Å²) < 4.78 is 5.64.